The average Bonchev–Trinajstić information content (AvgIpc) is 3.95. The summed E-state index contributed by atoms with van der Waals surface area (Å²) < 4.78 is 49.8. The molecule has 4 aromatic rings. The van der Waals surface area contributed by atoms with Gasteiger partial charge < -0.3 is 38.6 Å². The zero-order chi connectivity index (χ0) is 37.5. The minimum absolute atomic E-state index is 0.0657. The Morgan fingerprint density at radius 1 is 0.962 bits per heavy atom. The lowest BCUT2D eigenvalue weighted by Crippen LogP contribution is -2.37. The molecule has 0 bridgehead atoms. The van der Waals surface area contributed by atoms with Crippen LogP contribution >= 0.6 is 0 Å². The topological polar surface area (TPSA) is 131 Å². The maximum absolute atomic E-state index is 15.4. The van der Waals surface area contributed by atoms with Crippen LogP contribution in [-0.2, 0) is 32.0 Å². The van der Waals surface area contributed by atoms with Gasteiger partial charge in [0.25, 0.3) is 0 Å². The van der Waals surface area contributed by atoms with Crippen LogP contribution in [0.2, 0.25) is 0 Å². The minimum Gasteiger partial charge on any atom is -0.493 e. The Kier molecular flexibility index (Phi) is 11.9. The van der Waals surface area contributed by atoms with E-state index in [2.05, 4.69) is 15.3 Å². The Morgan fingerprint density at radius 3 is 2.51 bits per heavy atom. The normalized spacial score (nSPS) is 15.8. The van der Waals surface area contributed by atoms with Gasteiger partial charge in [0, 0.05) is 30.9 Å². The zero-order valence-electron chi connectivity index (χ0n) is 30.9. The van der Waals surface area contributed by atoms with Crippen molar-refractivity contribution < 1.29 is 42.4 Å². The fourth-order valence-corrected chi connectivity index (χ4v) is 6.07. The average molecular weight is 731 g/mol. The molecule has 1 N–H and O–H groups in total. The molecule has 6 rings (SSSR count). The molecule has 12 nitrogen and oxygen atoms in total. The number of ether oxygens (including phenoxy) is 6. The first-order chi connectivity index (χ1) is 25.4. The lowest BCUT2D eigenvalue weighted by molar-refractivity contribution is -0.165. The van der Waals surface area contributed by atoms with Crippen LogP contribution in [0.5, 0.6) is 23.1 Å². The van der Waals surface area contributed by atoms with E-state index in [1.807, 2.05) is 45.9 Å². The highest BCUT2D eigenvalue weighted by molar-refractivity contribution is 5.92. The first kappa shape index (κ1) is 37.7. The smallest absolute Gasteiger partial charge is 0.410 e. The van der Waals surface area contributed by atoms with Gasteiger partial charge in [-0.05, 0) is 107 Å². The van der Waals surface area contributed by atoms with Crippen molar-refractivity contribution in [3.63, 3.8) is 0 Å². The summed E-state index contributed by atoms with van der Waals surface area (Å²) in [4.78, 5) is 36.3. The number of hydrogen-bond acceptors (Lipinski definition) is 10. The molecule has 1 atom stereocenters. The summed E-state index contributed by atoms with van der Waals surface area (Å²) in [5, 5.41) is 3.41. The largest absolute Gasteiger partial charge is 0.493 e. The van der Waals surface area contributed by atoms with Crippen LogP contribution in [0.3, 0.4) is 0 Å². The van der Waals surface area contributed by atoms with Gasteiger partial charge in [-0.2, -0.15) is 0 Å². The highest BCUT2D eigenvalue weighted by Crippen LogP contribution is 2.37. The molecule has 13 heteroatoms. The molecule has 282 valence electrons. The van der Waals surface area contributed by atoms with E-state index >= 15 is 4.39 Å². The molecule has 1 aliphatic heterocycles. The van der Waals surface area contributed by atoms with E-state index in [0.29, 0.717) is 53.4 Å². The highest BCUT2D eigenvalue weighted by atomic mass is 19.1. The summed E-state index contributed by atoms with van der Waals surface area (Å²) in [5.74, 6) is -0.0163. The number of methoxy groups -OCH3 is 1. The van der Waals surface area contributed by atoms with Crippen LogP contribution in [0.4, 0.5) is 14.9 Å². The highest BCUT2D eigenvalue weighted by Gasteiger charge is 2.35. The molecule has 2 aliphatic rings. The van der Waals surface area contributed by atoms with Crippen molar-refractivity contribution in [2.75, 3.05) is 32.2 Å². The second kappa shape index (κ2) is 16.8. The number of hydrogen-bond donors (Lipinski definition) is 1. The summed E-state index contributed by atoms with van der Waals surface area (Å²) >= 11 is 0. The number of anilines is 1. The number of amides is 2. The molecule has 1 saturated heterocycles. The monoisotopic (exact) mass is 730 g/mol. The number of nitrogens with zero attached hydrogens (tertiary/aromatic N) is 3. The third-order valence-electron chi connectivity index (χ3n) is 8.62. The van der Waals surface area contributed by atoms with Crippen molar-refractivity contribution in [2.45, 2.75) is 90.7 Å². The number of benzene rings is 3. The maximum atomic E-state index is 15.4. The number of halogens is 1. The zero-order valence-corrected chi connectivity index (χ0v) is 30.9. The summed E-state index contributed by atoms with van der Waals surface area (Å²) in [7, 11) is 1.52. The number of nitrogens with one attached hydrogen (secondary N) is 1. The van der Waals surface area contributed by atoms with Crippen LogP contribution in [-0.4, -0.2) is 71.7 Å². The molecule has 0 radical (unpaired) electrons. The van der Waals surface area contributed by atoms with E-state index in [1.165, 1.54) is 25.6 Å². The second-order valence-corrected chi connectivity index (χ2v) is 14.4. The van der Waals surface area contributed by atoms with Crippen molar-refractivity contribution in [3.05, 3.63) is 77.4 Å². The van der Waals surface area contributed by atoms with E-state index in [0.717, 1.165) is 43.2 Å². The first-order valence-electron chi connectivity index (χ1n) is 18.0. The van der Waals surface area contributed by atoms with Crippen LogP contribution in [0, 0.1) is 12.7 Å². The van der Waals surface area contributed by atoms with Gasteiger partial charge in [-0.1, -0.05) is 12.1 Å². The predicted molar refractivity (Wildman–Crippen MR) is 196 cm³/mol. The first-order valence-corrected chi connectivity index (χ1v) is 18.0. The van der Waals surface area contributed by atoms with Crippen molar-refractivity contribution in [1.29, 1.82) is 0 Å². The predicted octanol–water partition coefficient (Wildman–Crippen LogP) is 7.88. The summed E-state index contributed by atoms with van der Waals surface area (Å²) in [6, 6.07) is 13.6. The van der Waals surface area contributed by atoms with E-state index < -0.39 is 11.4 Å². The van der Waals surface area contributed by atoms with Crippen molar-refractivity contribution in [3.8, 4) is 23.1 Å². The molecule has 53 heavy (non-hydrogen) atoms. The standard InChI is InChI=1S/C40H47FN4O8/c1-25-16-27(23-45(29-10-11-29)39(47)53-40(2,3)4)18-28(17-25)44-36(46)20-26-9-12-33(31(41)19-26)52-38-30-21-34(48-5)35(22-32(30)42-24-43-38)49-14-15-51-37-8-6-7-13-50-37/h9,12,16-19,21-22,24,29,37H,6-8,10-11,13-15,20,23H2,1-5H3,(H,44,46). The Morgan fingerprint density at radius 2 is 1.79 bits per heavy atom. The van der Waals surface area contributed by atoms with Crippen molar-refractivity contribution >= 4 is 28.6 Å². The van der Waals surface area contributed by atoms with E-state index in [4.69, 9.17) is 28.4 Å². The molecule has 2 heterocycles. The molecule has 3 aromatic carbocycles. The van der Waals surface area contributed by atoms with Crippen molar-refractivity contribution in [1.82, 2.24) is 14.9 Å². The van der Waals surface area contributed by atoms with Crippen LogP contribution in [0.15, 0.2) is 54.9 Å². The number of carbonyl (C=O) groups excluding carboxylic acids is 2. The minimum atomic E-state index is -0.656. The van der Waals surface area contributed by atoms with Gasteiger partial charge >= 0.3 is 6.09 Å². The Hall–Kier alpha value is -5.01. The molecule has 1 aliphatic carbocycles. The van der Waals surface area contributed by atoms with Crippen molar-refractivity contribution in [2.24, 2.45) is 0 Å². The van der Waals surface area contributed by atoms with Gasteiger partial charge in [0.2, 0.25) is 11.8 Å². The van der Waals surface area contributed by atoms with E-state index in [9.17, 15) is 9.59 Å². The summed E-state index contributed by atoms with van der Waals surface area (Å²) in [6.07, 6.45) is 5.56. The molecular formula is C40H47FN4O8. The number of carbonyl (C=O) groups is 2. The lowest BCUT2D eigenvalue weighted by Gasteiger charge is -2.27. The van der Waals surface area contributed by atoms with E-state index in [1.54, 1.807) is 23.1 Å². The summed E-state index contributed by atoms with van der Waals surface area (Å²) in [6.45, 7) is 9.17. The number of aromatic nitrogens is 2. The van der Waals surface area contributed by atoms with Gasteiger partial charge in [0.15, 0.2) is 29.4 Å². The van der Waals surface area contributed by atoms with Gasteiger partial charge in [0.1, 0.15) is 18.5 Å². The molecule has 1 saturated carbocycles. The molecule has 2 amide bonds. The molecule has 1 aromatic heterocycles. The number of aryl methyl sites for hydroxylation is 1. The van der Waals surface area contributed by atoms with Gasteiger partial charge in [-0.3, -0.25) is 4.79 Å². The summed E-state index contributed by atoms with van der Waals surface area (Å²) in [5.41, 5.74) is 2.77. The number of fused-ring (bicyclic) bond motifs is 1. The molecule has 0 spiro atoms. The quantitative estimate of drug-likeness (QED) is 0.128. The Balaban J connectivity index is 1.07. The van der Waals surface area contributed by atoms with Crippen LogP contribution in [0.1, 0.15) is 69.6 Å². The van der Waals surface area contributed by atoms with Gasteiger partial charge in [0.05, 0.1) is 31.0 Å². The fraction of sp³-hybridized carbons (Fsp3) is 0.450. The molecule has 2 fully saturated rings. The number of rotatable bonds is 14. The molecular weight excluding hydrogens is 683 g/mol. The van der Waals surface area contributed by atoms with Gasteiger partial charge in [-0.25, -0.2) is 19.2 Å². The maximum Gasteiger partial charge on any atom is 0.410 e. The Labute approximate surface area is 308 Å². The second-order valence-electron chi connectivity index (χ2n) is 14.4. The molecule has 1 unspecified atom stereocenters. The third kappa shape index (κ3) is 10.5. The lowest BCUT2D eigenvalue weighted by atomic mass is 10.1. The fourth-order valence-electron chi connectivity index (χ4n) is 6.07. The Bertz CT molecular complexity index is 1920. The van der Waals surface area contributed by atoms with Crippen LogP contribution in [0.25, 0.3) is 10.9 Å². The SMILES string of the molecule is COc1cc2c(Oc3ccc(CC(=O)Nc4cc(C)cc(CN(C(=O)OC(C)(C)C)C5CC5)c4)cc3F)ncnc2cc1OCCOC1CCCCO1. The van der Waals surface area contributed by atoms with E-state index in [-0.39, 0.29) is 49.0 Å². The third-order valence-corrected chi connectivity index (χ3v) is 8.62. The van der Waals surface area contributed by atoms with Gasteiger partial charge in [-0.15, -0.1) is 0 Å². The van der Waals surface area contributed by atoms with Crippen LogP contribution < -0.4 is 19.5 Å².